The zero-order valence-electron chi connectivity index (χ0n) is 10.7. The van der Waals surface area contributed by atoms with Gasteiger partial charge in [0.2, 0.25) is 0 Å². The molecule has 0 aliphatic heterocycles. The molecule has 1 nitrogen and oxygen atoms in total. The van der Waals surface area contributed by atoms with Crippen molar-refractivity contribution in [2.24, 2.45) is 0 Å². The first-order valence-corrected chi connectivity index (χ1v) is 6.64. The van der Waals surface area contributed by atoms with Crippen LogP contribution >= 0.6 is 11.6 Å². The van der Waals surface area contributed by atoms with Crippen molar-refractivity contribution < 1.29 is 9.50 Å². The molecule has 0 amide bonds. The summed E-state index contributed by atoms with van der Waals surface area (Å²) in [5.41, 5.74) is 0.742. The summed E-state index contributed by atoms with van der Waals surface area (Å²) in [6, 6.07) is 13.4. The van der Waals surface area contributed by atoms with Gasteiger partial charge < -0.3 is 5.11 Å². The number of benzene rings is 2. The van der Waals surface area contributed by atoms with Gasteiger partial charge in [-0.05, 0) is 41.8 Å². The molecule has 0 aromatic heterocycles. The Bertz CT molecular complexity index is 536. The van der Waals surface area contributed by atoms with E-state index >= 15 is 0 Å². The number of hydrogen-bond donors (Lipinski definition) is 1. The SMILES string of the molecule is CC[C@](O)(Cc1ccc(Cl)cc1)c1ccc(F)cc1. The second-order valence-electron chi connectivity index (χ2n) is 4.70. The Labute approximate surface area is 117 Å². The third-order valence-electron chi connectivity index (χ3n) is 3.38. The van der Waals surface area contributed by atoms with Crippen molar-refractivity contribution in [2.75, 3.05) is 0 Å². The van der Waals surface area contributed by atoms with Crippen LogP contribution in [0.3, 0.4) is 0 Å². The summed E-state index contributed by atoms with van der Waals surface area (Å²) in [7, 11) is 0. The quantitative estimate of drug-likeness (QED) is 0.883. The van der Waals surface area contributed by atoms with E-state index in [2.05, 4.69) is 0 Å². The molecule has 0 fully saturated rings. The number of halogens is 2. The van der Waals surface area contributed by atoms with Gasteiger partial charge in [-0.3, -0.25) is 0 Å². The van der Waals surface area contributed by atoms with Crippen molar-refractivity contribution >= 4 is 11.6 Å². The van der Waals surface area contributed by atoms with E-state index < -0.39 is 5.60 Å². The van der Waals surface area contributed by atoms with Gasteiger partial charge in [0.05, 0.1) is 5.60 Å². The molecule has 0 aliphatic carbocycles. The monoisotopic (exact) mass is 278 g/mol. The molecule has 1 N–H and O–H groups in total. The zero-order chi connectivity index (χ0) is 13.9. The lowest BCUT2D eigenvalue weighted by Crippen LogP contribution is -2.27. The Morgan fingerprint density at radius 2 is 1.63 bits per heavy atom. The van der Waals surface area contributed by atoms with Gasteiger partial charge in [0.25, 0.3) is 0 Å². The molecule has 0 radical (unpaired) electrons. The van der Waals surface area contributed by atoms with E-state index in [4.69, 9.17) is 11.6 Å². The van der Waals surface area contributed by atoms with Crippen LogP contribution in [0.1, 0.15) is 24.5 Å². The maximum absolute atomic E-state index is 13.0. The van der Waals surface area contributed by atoms with Crippen LogP contribution in [0, 0.1) is 5.82 Å². The molecule has 0 saturated heterocycles. The van der Waals surface area contributed by atoms with Crippen LogP contribution in [0.15, 0.2) is 48.5 Å². The fraction of sp³-hybridized carbons (Fsp3) is 0.250. The Kier molecular flexibility index (Phi) is 4.23. The van der Waals surface area contributed by atoms with Gasteiger partial charge in [0, 0.05) is 11.4 Å². The second-order valence-corrected chi connectivity index (χ2v) is 5.13. The molecular formula is C16H16ClFO. The molecule has 19 heavy (non-hydrogen) atoms. The normalized spacial score (nSPS) is 14.1. The average Bonchev–Trinajstić information content (AvgIpc) is 2.42. The van der Waals surface area contributed by atoms with E-state index in [1.54, 1.807) is 24.3 Å². The van der Waals surface area contributed by atoms with Gasteiger partial charge in [0.1, 0.15) is 5.82 Å². The van der Waals surface area contributed by atoms with Gasteiger partial charge in [-0.2, -0.15) is 0 Å². The first-order chi connectivity index (χ1) is 9.03. The van der Waals surface area contributed by atoms with Crippen LogP contribution in [-0.4, -0.2) is 5.11 Å². The molecular weight excluding hydrogens is 263 g/mol. The molecule has 3 heteroatoms. The molecule has 0 saturated carbocycles. The lowest BCUT2D eigenvalue weighted by atomic mass is 9.85. The van der Waals surface area contributed by atoms with Gasteiger partial charge in [-0.25, -0.2) is 4.39 Å². The average molecular weight is 279 g/mol. The molecule has 0 heterocycles. The summed E-state index contributed by atoms with van der Waals surface area (Å²) in [6.07, 6.45) is 1.04. The van der Waals surface area contributed by atoms with Crippen molar-refractivity contribution in [3.63, 3.8) is 0 Å². The number of hydrogen-bond acceptors (Lipinski definition) is 1. The van der Waals surface area contributed by atoms with E-state index in [1.165, 1.54) is 12.1 Å². The van der Waals surface area contributed by atoms with Gasteiger partial charge in [-0.15, -0.1) is 0 Å². The smallest absolute Gasteiger partial charge is 0.123 e. The van der Waals surface area contributed by atoms with Crippen LogP contribution in [-0.2, 0) is 12.0 Å². The Morgan fingerprint density at radius 3 is 2.16 bits per heavy atom. The molecule has 2 rings (SSSR count). The first kappa shape index (κ1) is 14.0. The lowest BCUT2D eigenvalue weighted by Gasteiger charge is -2.27. The van der Waals surface area contributed by atoms with Crippen molar-refractivity contribution in [1.29, 1.82) is 0 Å². The van der Waals surface area contributed by atoms with E-state index in [0.29, 0.717) is 17.9 Å². The molecule has 0 bridgehead atoms. The Hall–Kier alpha value is -1.38. The summed E-state index contributed by atoms with van der Waals surface area (Å²) in [5, 5.41) is 11.4. The molecule has 0 spiro atoms. The number of aliphatic hydroxyl groups is 1. The summed E-state index contributed by atoms with van der Waals surface area (Å²) in [5.74, 6) is -0.298. The highest BCUT2D eigenvalue weighted by Crippen LogP contribution is 2.29. The predicted octanol–water partition coefficient (Wildman–Crippen LogP) is 4.32. The fourth-order valence-corrected chi connectivity index (χ4v) is 2.26. The van der Waals surface area contributed by atoms with E-state index in [0.717, 1.165) is 11.1 Å². The molecule has 0 aliphatic rings. The summed E-state index contributed by atoms with van der Waals surface area (Å²) >= 11 is 5.85. The van der Waals surface area contributed by atoms with Gasteiger partial charge in [0.15, 0.2) is 0 Å². The summed E-state index contributed by atoms with van der Waals surface area (Å²) in [4.78, 5) is 0. The highest BCUT2D eigenvalue weighted by Gasteiger charge is 2.27. The van der Waals surface area contributed by atoms with Crippen LogP contribution in [0.2, 0.25) is 5.02 Å². The third-order valence-corrected chi connectivity index (χ3v) is 3.63. The van der Waals surface area contributed by atoms with Crippen molar-refractivity contribution in [2.45, 2.75) is 25.4 Å². The Balaban J connectivity index is 2.27. The lowest BCUT2D eigenvalue weighted by molar-refractivity contribution is 0.0327. The van der Waals surface area contributed by atoms with Crippen molar-refractivity contribution in [1.82, 2.24) is 0 Å². The largest absolute Gasteiger partial charge is 0.385 e. The maximum Gasteiger partial charge on any atom is 0.123 e. The fourth-order valence-electron chi connectivity index (χ4n) is 2.13. The van der Waals surface area contributed by atoms with Gasteiger partial charge >= 0.3 is 0 Å². The highest BCUT2D eigenvalue weighted by molar-refractivity contribution is 6.30. The highest BCUT2D eigenvalue weighted by atomic mass is 35.5. The number of rotatable bonds is 4. The summed E-state index contributed by atoms with van der Waals surface area (Å²) < 4.78 is 13.0. The van der Waals surface area contributed by atoms with Crippen LogP contribution in [0.25, 0.3) is 0 Å². The molecule has 2 aromatic rings. The van der Waals surface area contributed by atoms with Crippen molar-refractivity contribution in [3.8, 4) is 0 Å². The van der Waals surface area contributed by atoms with E-state index in [9.17, 15) is 9.50 Å². The van der Waals surface area contributed by atoms with Crippen LogP contribution < -0.4 is 0 Å². The summed E-state index contributed by atoms with van der Waals surface area (Å²) in [6.45, 7) is 1.92. The standard InChI is InChI=1S/C16H16ClFO/c1-2-16(19,13-5-9-15(18)10-6-13)11-12-3-7-14(17)8-4-12/h3-10,19H,2,11H2,1H3/t16-/m0/s1. The molecule has 2 aromatic carbocycles. The van der Waals surface area contributed by atoms with E-state index in [-0.39, 0.29) is 5.82 Å². The predicted molar refractivity (Wildman–Crippen MR) is 75.7 cm³/mol. The third kappa shape index (κ3) is 3.34. The Morgan fingerprint density at radius 1 is 1.05 bits per heavy atom. The van der Waals surface area contributed by atoms with Crippen LogP contribution in [0.4, 0.5) is 4.39 Å². The zero-order valence-corrected chi connectivity index (χ0v) is 11.5. The minimum absolute atomic E-state index is 0.298. The molecule has 100 valence electrons. The molecule has 0 unspecified atom stereocenters. The van der Waals surface area contributed by atoms with Crippen molar-refractivity contribution in [3.05, 3.63) is 70.5 Å². The minimum atomic E-state index is -0.985. The van der Waals surface area contributed by atoms with Gasteiger partial charge in [-0.1, -0.05) is 42.8 Å². The minimum Gasteiger partial charge on any atom is -0.385 e. The second kappa shape index (κ2) is 5.72. The maximum atomic E-state index is 13.0. The van der Waals surface area contributed by atoms with Crippen LogP contribution in [0.5, 0.6) is 0 Å². The molecule has 1 atom stereocenters. The topological polar surface area (TPSA) is 20.2 Å². The van der Waals surface area contributed by atoms with E-state index in [1.807, 2.05) is 19.1 Å². The first-order valence-electron chi connectivity index (χ1n) is 6.26.